The fraction of sp³-hybridized carbons (Fsp3) is 0.308. The molecule has 0 bridgehead atoms. The molecule has 0 saturated carbocycles. The van der Waals surface area contributed by atoms with Crippen molar-refractivity contribution in [1.82, 2.24) is 5.32 Å². The predicted molar refractivity (Wildman–Crippen MR) is 73.5 cm³/mol. The summed E-state index contributed by atoms with van der Waals surface area (Å²) in [7, 11) is 3.65. The van der Waals surface area contributed by atoms with E-state index in [1.165, 1.54) is 0 Å². The van der Waals surface area contributed by atoms with Gasteiger partial charge in [-0.1, -0.05) is 6.07 Å². The molecular formula is C13H17N3O4. The molecule has 1 aromatic carbocycles. The monoisotopic (exact) mass is 279 g/mol. The van der Waals surface area contributed by atoms with Crippen LogP contribution in [0.5, 0.6) is 0 Å². The quantitative estimate of drug-likeness (QED) is 0.668. The lowest BCUT2D eigenvalue weighted by molar-refractivity contribution is -0.140. The smallest absolute Gasteiger partial charge is 0.326 e. The number of rotatable bonds is 6. The van der Waals surface area contributed by atoms with Crippen LogP contribution in [0, 0.1) is 0 Å². The minimum atomic E-state index is -1.33. The Morgan fingerprint density at radius 2 is 2.00 bits per heavy atom. The third-order valence-corrected chi connectivity index (χ3v) is 2.63. The number of aliphatic carboxylic acids is 1. The second-order valence-corrected chi connectivity index (χ2v) is 4.48. The summed E-state index contributed by atoms with van der Waals surface area (Å²) in [6.07, 6.45) is -0.450. The Balaban J connectivity index is 2.86. The highest BCUT2D eigenvalue weighted by atomic mass is 16.4. The highest BCUT2D eigenvalue weighted by Crippen LogP contribution is 2.13. The van der Waals surface area contributed by atoms with Crippen LogP contribution in [0.15, 0.2) is 24.3 Å². The number of carbonyl (C=O) groups excluding carboxylic acids is 2. The highest BCUT2D eigenvalue weighted by molar-refractivity contribution is 5.98. The molecular weight excluding hydrogens is 262 g/mol. The number of benzene rings is 1. The van der Waals surface area contributed by atoms with Gasteiger partial charge in [0.15, 0.2) is 0 Å². The lowest BCUT2D eigenvalue weighted by Crippen LogP contribution is -2.43. The molecule has 0 aliphatic carbocycles. The van der Waals surface area contributed by atoms with E-state index in [1.807, 2.05) is 25.1 Å². The van der Waals surface area contributed by atoms with Gasteiger partial charge in [0, 0.05) is 25.3 Å². The Hall–Kier alpha value is -2.57. The van der Waals surface area contributed by atoms with Crippen molar-refractivity contribution in [2.45, 2.75) is 12.5 Å². The van der Waals surface area contributed by atoms with Crippen molar-refractivity contribution in [3.8, 4) is 0 Å². The molecule has 0 heterocycles. The topological polar surface area (TPSA) is 113 Å². The maximum Gasteiger partial charge on any atom is 0.326 e. The average Bonchev–Trinajstić information content (AvgIpc) is 2.37. The first-order valence-corrected chi connectivity index (χ1v) is 5.90. The van der Waals surface area contributed by atoms with Crippen LogP contribution in [0.3, 0.4) is 0 Å². The molecule has 0 unspecified atom stereocenters. The zero-order chi connectivity index (χ0) is 15.3. The summed E-state index contributed by atoms with van der Waals surface area (Å²) >= 11 is 0. The number of hydrogen-bond donors (Lipinski definition) is 3. The van der Waals surface area contributed by atoms with Crippen LogP contribution in [0.4, 0.5) is 5.69 Å². The van der Waals surface area contributed by atoms with Crippen molar-refractivity contribution in [3.63, 3.8) is 0 Å². The number of primary amides is 1. The number of hydrogen-bond acceptors (Lipinski definition) is 4. The first-order valence-electron chi connectivity index (χ1n) is 5.90. The fourth-order valence-corrected chi connectivity index (χ4v) is 1.57. The first-order chi connectivity index (χ1) is 9.31. The molecule has 1 atom stereocenters. The number of nitrogens with two attached hydrogens (primary N) is 1. The standard InChI is InChI=1S/C13H17N3O4/c1-16(2)9-5-3-4-8(6-9)12(18)15-10(13(19)20)7-11(14)17/h3-6,10H,7H2,1-2H3,(H2,14,17)(H,15,18)(H,19,20)/t10-/m1/s1. The second-order valence-electron chi connectivity index (χ2n) is 4.48. The first kappa shape index (κ1) is 15.5. The van der Waals surface area contributed by atoms with E-state index in [1.54, 1.807) is 18.2 Å². The molecule has 0 saturated heterocycles. The van der Waals surface area contributed by atoms with Crippen molar-refractivity contribution in [2.75, 3.05) is 19.0 Å². The van der Waals surface area contributed by atoms with Gasteiger partial charge in [-0.05, 0) is 18.2 Å². The average molecular weight is 279 g/mol. The molecule has 7 nitrogen and oxygen atoms in total. The Morgan fingerprint density at radius 1 is 1.35 bits per heavy atom. The molecule has 0 radical (unpaired) electrons. The SMILES string of the molecule is CN(C)c1cccc(C(=O)N[C@H](CC(N)=O)C(=O)O)c1. The molecule has 2 amide bonds. The third kappa shape index (κ3) is 4.27. The lowest BCUT2D eigenvalue weighted by atomic mass is 10.1. The van der Waals surface area contributed by atoms with Gasteiger partial charge in [-0.25, -0.2) is 4.79 Å². The van der Waals surface area contributed by atoms with Gasteiger partial charge in [-0.15, -0.1) is 0 Å². The summed E-state index contributed by atoms with van der Waals surface area (Å²) in [4.78, 5) is 35.5. The van der Waals surface area contributed by atoms with Gasteiger partial charge in [0.1, 0.15) is 6.04 Å². The predicted octanol–water partition coefficient (Wildman–Crippen LogP) is -0.189. The van der Waals surface area contributed by atoms with Crippen LogP contribution in [0.2, 0.25) is 0 Å². The molecule has 4 N–H and O–H groups in total. The van der Waals surface area contributed by atoms with Crippen LogP contribution in [-0.2, 0) is 9.59 Å². The summed E-state index contributed by atoms with van der Waals surface area (Å²) < 4.78 is 0. The van der Waals surface area contributed by atoms with E-state index in [0.717, 1.165) is 5.69 Å². The number of carboxylic acids is 1. The van der Waals surface area contributed by atoms with Gasteiger partial charge in [-0.3, -0.25) is 9.59 Å². The van der Waals surface area contributed by atoms with Gasteiger partial charge >= 0.3 is 5.97 Å². The molecule has 1 aromatic rings. The summed E-state index contributed by atoms with van der Waals surface area (Å²) in [5.74, 6) is -2.66. The van der Waals surface area contributed by atoms with Gasteiger partial charge in [0.05, 0.1) is 6.42 Å². The van der Waals surface area contributed by atoms with Crippen LogP contribution < -0.4 is 16.0 Å². The Morgan fingerprint density at radius 3 is 2.50 bits per heavy atom. The Kier molecular flexibility index (Phi) is 5.08. The van der Waals surface area contributed by atoms with Gasteiger partial charge in [-0.2, -0.15) is 0 Å². The van der Waals surface area contributed by atoms with E-state index in [4.69, 9.17) is 10.8 Å². The van der Waals surface area contributed by atoms with Crippen LogP contribution in [-0.4, -0.2) is 43.0 Å². The summed E-state index contributed by atoms with van der Waals surface area (Å²) in [5, 5.41) is 11.2. The van der Waals surface area contributed by atoms with Crippen molar-refractivity contribution in [1.29, 1.82) is 0 Å². The molecule has 108 valence electrons. The maximum absolute atomic E-state index is 12.0. The van der Waals surface area contributed by atoms with Gasteiger partial charge in [0.2, 0.25) is 5.91 Å². The number of amides is 2. The van der Waals surface area contributed by atoms with Crippen molar-refractivity contribution in [3.05, 3.63) is 29.8 Å². The zero-order valence-electron chi connectivity index (χ0n) is 11.3. The van der Waals surface area contributed by atoms with E-state index >= 15 is 0 Å². The van der Waals surface area contributed by atoms with Gasteiger partial charge < -0.3 is 21.1 Å². The van der Waals surface area contributed by atoms with Crippen molar-refractivity contribution in [2.24, 2.45) is 5.73 Å². The molecule has 0 aliphatic rings. The fourth-order valence-electron chi connectivity index (χ4n) is 1.57. The van der Waals surface area contributed by atoms with Crippen molar-refractivity contribution < 1.29 is 19.5 Å². The summed E-state index contributed by atoms with van der Waals surface area (Å²) in [5.41, 5.74) is 6.07. The molecule has 0 fully saturated rings. The Bertz CT molecular complexity index is 528. The minimum Gasteiger partial charge on any atom is -0.480 e. The van der Waals surface area contributed by atoms with Crippen molar-refractivity contribution >= 4 is 23.5 Å². The minimum absolute atomic E-state index is 0.312. The zero-order valence-corrected chi connectivity index (χ0v) is 11.3. The number of carbonyl (C=O) groups is 3. The van der Waals surface area contributed by atoms with Crippen LogP contribution in [0.25, 0.3) is 0 Å². The number of nitrogens with one attached hydrogen (secondary N) is 1. The van der Waals surface area contributed by atoms with E-state index < -0.39 is 30.2 Å². The van der Waals surface area contributed by atoms with E-state index in [-0.39, 0.29) is 0 Å². The number of anilines is 1. The van der Waals surface area contributed by atoms with E-state index in [0.29, 0.717) is 5.56 Å². The van der Waals surface area contributed by atoms with E-state index in [2.05, 4.69) is 5.32 Å². The summed E-state index contributed by atoms with van der Waals surface area (Å²) in [6, 6.07) is 5.36. The molecule has 0 aromatic heterocycles. The van der Waals surface area contributed by atoms with Crippen LogP contribution in [0.1, 0.15) is 16.8 Å². The molecule has 20 heavy (non-hydrogen) atoms. The normalized spacial score (nSPS) is 11.5. The second kappa shape index (κ2) is 6.55. The molecule has 0 aliphatic heterocycles. The number of nitrogens with zero attached hydrogens (tertiary/aromatic N) is 1. The molecule has 0 spiro atoms. The maximum atomic E-state index is 12.0. The number of carboxylic acid groups (broad SMARTS) is 1. The lowest BCUT2D eigenvalue weighted by Gasteiger charge is -2.15. The highest BCUT2D eigenvalue weighted by Gasteiger charge is 2.22. The van der Waals surface area contributed by atoms with E-state index in [9.17, 15) is 14.4 Å². The summed E-state index contributed by atoms with van der Waals surface area (Å²) in [6.45, 7) is 0. The largest absolute Gasteiger partial charge is 0.480 e. The molecule has 1 rings (SSSR count). The van der Waals surface area contributed by atoms with Gasteiger partial charge in [0.25, 0.3) is 5.91 Å². The van der Waals surface area contributed by atoms with Crippen LogP contribution >= 0.6 is 0 Å². The molecule has 7 heteroatoms. The Labute approximate surface area is 116 Å². The third-order valence-electron chi connectivity index (χ3n) is 2.63.